The molecule has 0 saturated heterocycles. The van der Waals surface area contributed by atoms with Crippen LogP contribution < -0.4 is 4.74 Å². The lowest BCUT2D eigenvalue weighted by atomic mass is 10.3. The first-order chi connectivity index (χ1) is 9.72. The van der Waals surface area contributed by atoms with Crippen LogP contribution in [0.5, 0.6) is 5.75 Å². The fraction of sp³-hybridized carbons (Fsp3) is 0.429. The number of carbonyl (C=O) groups is 1. The summed E-state index contributed by atoms with van der Waals surface area (Å²) in [6.07, 6.45) is 4.87. The molecule has 0 fully saturated rings. The van der Waals surface area contributed by atoms with Crippen molar-refractivity contribution in [2.45, 2.75) is 6.42 Å². The first-order valence-corrected chi connectivity index (χ1v) is 6.29. The molecule has 110 valence electrons. The Morgan fingerprint density at radius 2 is 2.15 bits per heavy atom. The molecule has 0 aliphatic rings. The molecule has 0 unspecified atom stereocenters. The maximum absolute atomic E-state index is 10.3. The zero-order chi connectivity index (χ0) is 14.6. The van der Waals surface area contributed by atoms with Crippen LogP contribution >= 0.6 is 0 Å². The molecular weight excluding hydrogens is 262 g/mol. The van der Waals surface area contributed by atoms with E-state index < -0.39 is 5.97 Å². The van der Waals surface area contributed by atoms with Gasteiger partial charge in [0.1, 0.15) is 12.4 Å². The molecule has 0 saturated carbocycles. The number of hydrogen-bond donors (Lipinski definition) is 1. The Hall–Kier alpha value is -1.92. The van der Waals surface area contributed by atoms with Gasteiger partial charge in [-0.3, -0.25) is 4.98 Å². The lowest BCUT2D eigenvalue weighted by molar-refractivity contribution is -0.131. The van der Waals surface area contributed by atoms with Gasteiger partial charge in [-0.2, -0.15) is 0 Å². The van der Waals surface area contributed by atoms with Gasteiger partial charge < -0.3 is 19.3 Å². The highest BCUT2D eigenvalue weighted by atomic mass is 16.5. The van der Waals surface area contributed by atoms with Gasteiger partial charge in [0.2, 0.25) is 0 Å². The van der Waals surface area contributed by atoms with Crippen LogP contribution in [-0.2, 0) is 14.3 Å². The van der Waals surface area contributed by atoms with Crippen LogP contribution in [-0.4, -0.2) is 49.6 Å². The summed E-state index contributed by atoms with van der Waals surface area (Å²) >= 11 is 0. The number of methoxy groups -OCH3 is 1. The Balaban J connectivity index is 2.20. The largest absolute Gasteiger partial charge is 0.490 e. The van der Waals surface area contributed by atoms with Crippen molar-refractivity contribution in [1.82, 2.24) is 4.98 Å². The topological polar surface area (TPSA) is 77.9 Å². The number of rotatable bonds is 10. The minimum absolute atomic E-state index is 0.443. The summed E-state index contributed by atoms with van der Waals surface area (Å²) < 4.78 is 15.7. The van der Waals surface area contributed by atoms with Crippen LogP contribution in [0, 0.1) is 0 Å². The average Bonchev–Trinajstić information content (AvgIpc) is 2.45. The van der Waals surface area contributed by atoms with Crippen molar-refractivity contribution in [1.29, 1.82) is 0 Å². The SMILES string of the molecule is COCCCOCCOc1ccc(/C=C/C(=O)O)nc1. The Morgan fingerprint density at radius 1 is 1.30 bits per heavy atom. The van der Waals surface area contributed by atoms with Gasteiger partial charge in [-0.1, -0.05) is 0 Å². The fourth-order valence-electron chi connectivity index (χ4n) is 1.36. The Bertz CT molecular complexity index is 416. The van der Waals surface area contributed by atoms with E-state index in [0.29, 0.717) is 37.9 Å². The van der Waals surface area contributed by atoms with Gasteiger partial charge >= 0.3 is 5.97 Å². The number of aromatic nitrogens is 1. The molecule has 1 aromatic rings. The van der Waals surface area contributed by atoms with Crippen molar-refractivity contribution >= 4 is 12.0 Å². The molecular formula is C14H19NO5. The molecule has 6 nitrogen and oxygen atoms in total. The van der Waals surface area contributed by atoms with Crippen LogP contribution in [0.15, 0.2) is 24.4 Å². The third-order valence-electron chi connectivity index (χ3n) is 2.29. The maximum Gasteiger partial charge on any atom is 0.328 e. The first kappa shape index (κ1) is 16.1. The van der Waals surface area contributed by atoms with E-state index in [2.05, 4.69) is 4.98 Å². The second-order valence-corrected chi connectivity index (χ2v) is 3.90. The van der Waals surface area contributed by atoms with Crippen molar-refractivity contribution in [3.8, 4) is 5.75 Å². The van der Waals surface area contributed by atoms with Crippen LogP contribution in [0.4, 0.5) is 0 Å². The minimum Gasteiger partial charge on any atom is -0.490 e. The molecule has 0 aliphatic carbocycles. The monoisotopic (exact) mass is 281 g/mol. The second kappa shape index (κ2) is 9.94. The summed E-state index contributed by atoms with van der Waals surface area (Å²) in [5.74, 6) is -0.379. The molecule has 1 rings (SSSR count). The van der Waals surface area contributed by atoms with Crippen LogP contribution in [0.2, 0.25) is 0 Å². The highest BCUT2D eigenvalue weighted by molar-refractivity contribution is 5.84. The summed E-state index contributed by atoms with van der Waals surface area (Å²) in [6.45, 7) is 2.29. The molecule has 0 radical (unpaired) electrons. The third kappa shape index (κ3) is 7.50. The molecule has 0 bridgehead atoms. The van der Waals surface area contributed by atoms with E-state index in [1.165, 1.54) is 6.08 Å². The molecule has 1 aromatic heterocycles. The summed E-state index contributed by atoms with van der Waals surface area (Å²) in [5, 5.41) is 8.49. The van der Waals surface area contributed by atoms with E-state index in [4.69, 9.17) is 19.3 Å². The Morgan fingerprint density at radius 3 is 2.80 bits per heavy atom. The smallest absolute Gasteiger partial charge is 0.328 e. The van der Waals surface area contributed by atoms with Gasteiger partial charge in [-0.05, 0) is 24.6 Å². The van der Waals surface area contributed by atoms with Gasteiger partial charge in [0, 0.05) is 26.4 Å². The van der Waals surface area contributed by atoms with E-state index in [9.17, 15) is 4.79 Å². The zero-order valence-electron chi connectivity index (χ0n) is 11.4. The van der Waals surface area contributed by atoms with E-state index in [0.717, 1.165) is 12.5 Å². The van der Waals surface area contributed by atoms with Crippen molar-refractivity contribution in [2.24, 2.45) is 0 Å². The van der Waals surface area contributed by atoms with Crippen molar-refractivity contribution in [3.05, 3.63) is 30.1 Å². The van der Waals surface area contributed by atoms with Crippen molar-refractivity contribution in [2.75, 3.05) is 33.5 Å². The number of carboxylic acid groups (broad SMARTS) is 1. The summed E-state index contributed by atoms with van der Waals surface area (Å²) in [5.41, 5.74) is 0.565. The van der Waals surface area contributed by atoms with Crippen molar-refractivity contribution < 1.29 is 24.1 Å². The quantitative estimate of drug-likeness (QED) is 0.518. The van der Waals surface area contributed by atoms with Crippen molar-refractivity contribution in [3.63, 3.8) is 0 Å². The van der Waals surface area contributed by atoms with Crippen LogP contribution in [0.3, 0.4) is 0 Å². The zero-order valence-corrected chi connectivity index (χ0v) is 11.4. The number of hydrogen-bond acceptors (Lipinski definition) is 5. The van der Waals surface area contributed by atoms with E-state index in [-0.39, 0.29) is 0 Å². The average molecular weight is 281 g/mol. The van der Waals surface area contributed by atoms with Gasteiger partial charge in [0.05, 0.1) is 18.5 Å². The molecule has 0 aliphatic heterocycles. The number of carboxylic acids is 1. The van der Waals surface area contributed by atoms with Crippen LogP contribution in [0.1, 0.15) is 12.1 Å². The maximum atomic E-state index is 10.3. The second-order valence-electron chi connectivity index (χ2n) is 3.90. The fourth-order valence-corrected chi connectivity index (χ4v) is 1.36. The minimum atomic E-state index is -1.00. The summed E-state index contributed by atoms with van der Waals surface area (Å²) in [7, 11) is 1.66. The number of pyridine rings is 1. The van der Waals surface area contributed by atoms with E-state index in [1.807, 2.05) is 0 Å². The number of nitrogens with zero attached hydrogens (tertiary/aromatic N) is 1. The van der Waals surface area contributed by atoms with Gasteiger partial charge in [-0.15, -0.1) is 0 Å². The standard InChI is InChI=1S/C14H19NO5/c1-18-7-2-8-19-9-10-20-13-5-3-12(15-11-13)4-6-14(16)17/h3-6,11H,2,7-10H2,1H3,(H,16,17)/b6-4+. The molecule has 1 heterocycles. The van der Waals surface area contributed by atoms with E-state index >= 15 is 0 Å². The van der Waals surface area contributed by atoms with Gasteiger partial charge in [0.25, 0.3) is 0 Å². The highest BCUT2D eigenvalue weighted by Crippen LogP contribution is 2.09. The molecule has 0 atom stereocenters. The first-order valence-electron chi connectivity index (χ1n) is 6.29. The molecule has 0 amide bonds. The summed E-state index contributed by atoms with van der Waals surface area (Å²) in [6, 6.07) is 3.42. The predicted molar refractivity (Wildman–Crippen MR) is 73.7 cm³/mol. The third-order valence-corrected chi connectivity index (χ3v) is 2.29. The lowest BCUT2D eigenvalue weighted by Crippen LogP contribution is -2.08. The Labute approximate surface area is 118 Å². The predicted octanol–water partition coefficient (Wildman–Crippen LogP) is 1.61. The van der Waals surface area contributed by atoms with Crippen LogP contribution in [0.25, 0.3) is 6.08 Å². The van der Waals surface area contributed by atoms with E-state index in [1.54, 1.807) is 25.4 Å². The molecule has 20 heavy (non-hydrogen) atoms. The molecule has 1 N–H and O–H groups in total. The Kier molecular flexibility index (Phi) is 8.02. The number of aliphatic carboxylic acids is 1. The summed E-state index contributed by atoms with van der Waals surface area (Å²) in [4.78, 5) is 14.4. The van der Waals surface area contributed by atoms with Gasteiger partial charge in [-0.25, -0.2) is 4.79 Å². The molecule has 6 heteroatoms. The normalized spacial score (nSPS) is 10.8. The van der Waals surface area contributed by atoms with Gasteiger partial charge in [0.15, 0.2) is 0 Å². The lowest BCUT2D eigenvalue weighted by Gasteiger charge is -2.06. The molecule has 0 spiro atoms. The highest BCUT2D eigenvalue weighted by Gasteiger charge is 1.96. The number of ether oxygens (including phenoxy) is 3. The molecule has 0 aromatic carbocycles.